The SMILES string of the molecule is Cc1ccc(C(=O)N(Cc2ccccn2)c2nc3c(C)cccc3s2)cc1. The first-order chi connectivity index (χ1) is 13.1. The van der Waals surface area contributed by atoms with Crippen molar-refractivity contribution in [1.29, 1.82) is 0 Å². The van der Waals surface area contributed by atoms with E-state index in [2.05, 4.69) is 4.98 Å². The molecule has 4 rings (SSSR count). The van der Waals surface area contributed by atoms with Crippen LogP contribution in [0.2, 0.25) is 0 Å². The summed E-state index contributed by atoms with van der Waals surface area (Å²) in [5, 5.41) is 0.690. The molecule has 0 fully saturated rings. The summed E-state index contributed by atoms with van der Waals surface area (Å²) in [5.74, 6) is -0.0719. The topological polar surface area (TPSA) is 46.1 Å². The molecule has 2 aromatic carbocycles. The second-order valence-corrected chi connectivity index (χ2v) is 7.51. The summed E-state index contributed by atoms with van der Waals surface area (Å²) in [6.45, 7) is 4.43. The molecule has 5 heteroatoms. The van der Waals surface area contributed by atoms with E-state index in [1.807, 2.05) is 74.5 Å². The lowest BCUT2D eigenvalue weighted by Crippen LogP contribution is -2.30. The average molecular weight is 373 g/mol. The van der Waals surface area contributed by atoms with Crippen molar-refractivity contribution in [1.82, 2.24) is 9.97 Å². The number of anilines is 1. The van der Waals surface area contributed by atoms with Crippen molar-refractivity contribution < 1.29 is 4.79 Å². The van der Waals surface area contributed by atoms with Gasteiger partial charge in [0.25, 0.3) is 5.91 Å². The Balaban J connectivity index is 1.78. The number of fused-ring (bicyclic) bond motifs is 1. The van der Waals surface area contributed by atoms with Gasteiger partial charge < -0.3 is 0 Å². The van der Waals surface area contributed by atoms with E-state index in [1.165, 1.54) is 11.3 Å². The third-order valence-electron chi connectivity index (χ3n) is 4.43. The molecule has 4 nitrogen and oxygen atoms in total. The number of hydrogen-bond donors (Lipinski definition) is 0. The number of para-hydroxylation sites is 1. The van der Waals surface area contributed by atoms with Crippen molar-refractivity contribution in [3.8, 4) is 0 Å². The normalized spacial score (nSPS) is 10.9. The monoisotopic (exact) mass is 373 g/mol. The van der Waals surface area contributed by atoms with Gasteiger partial charge in [0.2, 0.25) is 0 Å². The number of carbonyl (C=O) groups excluding carboxylic acids is 1. The first kappa shape index (κ1) is 17.4. The zero-order valence-electron chi connectivity index (χ0n) is 15.2. The molecule has 134 valence electrons. The van der Waals surface area contributed by atoms with E-state index in [-0.39, 0.29) is 5.91 Å². The van der Waals surface area contributed by atoms with Crippen LogP contribution >= 0.6 is 11.3 Å². The van der Waals surface area contributed by atoms with Gasteiger partial charge in [0.15, 0.2) is 5.13 Å². The molecule has 0 N–H and O–H groups in total. The van der Waals surface area contributed by atoms with Crippen molar-refractivity contribution in [2.75, 3.05) is 4.90 Å². The number of thiazole rings is 1. The van der Waals surface area contributed by atoms with Gasteiger partial charge in [-0.05, 0) is 49.7 Å². The summed E-state index contributed by atoms with van der Waals surface area (Å²) < 4.78 is 1.08. The van der Waals surface area contributed by atoms with E-state index in [0.717, 1.165) is 27.0 Å². The van der Waals surface area contributed by atoms with E-state index in [4.69, 9.17) is 4.98 Å². The second-order valence-electron chi connectivity index (χ2n) is 6.50. The molecule has 4 aromatic rings. The number of amides is 1. The summed E-state index contributed by atoms with van der Waals surface area (Å²) in [4.78, 5) is 24.2. The van der Waals surface area contributed by atoms with Gasteiger partial charge in [0.1, 0.15) is 0 Å². The number of pyridine rings is 1. The number of aryl methyl sites for hydroxylation is 2. The first-order valence-corrected chi connectivity index (χ1v) is 9.58. The summed E-state index contributed by atoms with van der Waals surface area (Å²) in [6, 6.07) is 19.5. The Bertz CT molecular complexity index is 1090. The summed E-state index contributed by atoms with van der Waals surface area (Å²) in [5.41, 5.74) is 4.65. The largest absolute Gasteiger partial charge is 0.278 e. The van der Waals surface area contributed by atoms with Crippen LogP contribution in [0.3, 0.4) is 0 Å². The van der Waals surface area contributed by atoms with E-state index in [0.29, 0.717) is 17.2 Å². The van der Waals surface area contributed by atoms with Crippen LogP contribution in [0.25, 0.3) is 10.2 Å². The zero-order valence-corrected chi connectivity index (χ0v) is 16.0. The van der Waals surface area contributed by atoms with Crippen molar-refractivity contribution in [2.24, 2.45) is 0 Å². The molecule has 0 radical (unpaired) electrons. The van der Waals surface area contributed by atoms with Gasteiger partial charge in [-0.2, -0.15) is 0 Å². The fourth-order valence-corrected chi connectivity index (χ4v) is 3.96. The highest BCUT2D eigenvalue weighted by atomic mass is 32.1. The summed E-state index contributed by atoms with van der Waals surface area (Å²) in [7, 11) is 0. The van der Waals surface area contributed by atoms with E-state index in [1.54, 1.807) is 11.1 Å². The number of aromatic nitrogens is 2. The Morgan fingerprint density at radius 2 is 1.81 bits per heavy atom. The molecule has 0 aliphatic carbocycles. The zero-order chi connectivity index (χ0) is 18.8. The Kier molecular flexibility index (Phi) is 4.69. The number of benzene rings is 2. The third-order valence-corrected chi connectivity index (χ3v) is 5.47. The number of nitrogens with zero attached hydrogens (tertiary/aromatic N) is 3. The fourth-order valence-electron chi connectivity index (χ4n) is 2.92. The van der Waals surface area contributed by atoms with Crippen LogP contribution in [0.5, 0.6) is 0 Å². The van der Waals surface area contributed by atoms with E-state index < -0.39 is 0 Å². The Morgan fingerprint density at radius 3 is 2.52 bits per heavy atom. The Labute approximate surface area is 162 Å². The molecule has 0 aliphatic heterocycles. The van der Waals surface area contributed by atoms with Gasteiger partial charge in [0.05, 0.1) is 22.5 Å². The van der Waals surface area contributed by atoms with Crippen LogP contribution in [-0.4, -0.2) is 15.9 Å². The smallest absolute Gasteiger partial charge is 0.260 e. The third kappa shape index (κ3) is 3.59. The second kappa shape index (κ2) is 7.29. The van der Waals surface area contributed by atoms with Crippen LogP contribution in [0, 0.1) is 13.8 Å². The van der Waals surface area contributed by atoms with Crippen LogP contribution in [0.1, 0.15) is 27.2 Å². The Hall–Kier alpha value is -3.05. The van der Waals surface area contributed by atoms with Crippen molar-refractivity contribution in [3.63, 3.8) is 0 Å². The average Bonchev–Trinajstić information content (AvgIpc) is 3.12. The molecule has 0 aliphatic rings. The molecule has 0 saturated carbocycles. The minimum atomic E-state index is -0.0719. The minimum Gasteiger partial charge on any atom is -0.278 e. The molecule has 2 aromatic heterocycles. The minimum absolute atomic E-state index is 0.0719. The highest BCUT2D eigenvalue weighted by Gasteiger charge is 2.22. The van der Waals surface area contributed by atoms with Gasteiger partial charge in [-0.3, -0.25) is 14.7 Å². The van der Waals surface area contributed by atoms with Gasteiger partial charge in [-0.1, -0.05) is 47.2 Å². The maximum absolute atomic E-state index is 13.3. The molecular formula is C22H19N3OS. The van der Waals surface area contributed by atoms with Gasteiger partial charge >= 0.3 is 0 Å². The number of hydrogen-bond acceptors (Lipinski definition) is 4. The van der Waals surface area contributed by atoms with E-state index in [9.17, 15) is 4.79 Å². The predicted octanol–water partition coefficient (Wildman–Crippen LogP) is 5.16. The lowest BCUT2D eigenvalue weighted by Gasteiger charge is -2.19. The fraction of sp³-hybridized carbons (Fsp3) is 0.136. The maximum Gasteiger partial charge on any atom is 0.260 e. The molecular weight excluding hydrogens is 354 g/mol. The molecule has 0 atom stereocenters. The predicted molar refractivity (Wildman–Crippen MR) is 110 cm³/mol. The van der Waals surface area contributed by atoms with Crippen LogP contribution in [-0.2, 0) is 6.54 Å². The van der Waals surface area contributed by atoms with Crippen molar-refractivity contribution in [2.45, 2.75) is 20.4 Å². The maximum atomic E-state index is 13.3. The highest BCUT2D eigenvalue weighted by Crippen LogP contribution is 2.32. The summed E-state index contributed by atoms with van der Waals surface area (Å²) in [6.07, 6.45) is 1.74. The van der Waals surface area contributed by atoms with Gasteiger partial charge in [0, 0.05) is 11.8 Å². The molecule has 0 bridgehead atoms. The molecule has 27 heavy (non-hydrogen) atoms. The molecule has 0 saturated heterocycles. The lowest BCUT2D eigenvalue weighted by molar-refractivity contribution is 0.0985. The standard InChI is InChI=1S/C22H19N3OS/c1-15-9-11-17(12-10-15)21(26)25(14-18-7-3-4-13-23-18)22-24-20-16(2)6-5-8-19(20)27-22/h3-13H,14H2,1-2H3. The van der Waals surface area contributed by atoms with Crippen LogP contribution < -0.4 is 4.90 Å². The number of rotatable bonds is 4. The van der Waals surface area contributed by atoms with Crippen molar-refractivity contribution >= 4 is 32.6 Å². The van der Waals surface area contributed by atoms with E-state index >= 15 is 0 Å². The number of carbonyl (C=O) groups is 1. The van der Waals surface area contributed by atoms with Crippen LogP contribution in [0.15, 0.2) is 66.9 Å². The highest BCUT2D eigenvalue weighted by molar-refractivity contribution is 7.22. The van der Waals surface area contributed by atoms with Crippen LogP contribution in [0.4, 0.5) is 5.13 Å². The Morgan fingerprint density at radius 1 is 1.00 bits per heavy atom. The first-order valence-electron chi connectivity index (χ1n) is 8.76. The molecule has 0 spiro atoms. The molecule has 1 amide bonds. The van der Waals surface area contributed by atoms with Gasteiger partial charge in [-0.25, -0.2) is 4.98 Å². The lowest BCUT2D eigenvalue weighted by atomic mass is 10.1. The van der Waals surface area contributed by atoms with Gasteiger partial charge in [-0.15, -0.1) is 0 Å². The molecule has 0 unspecified atom stereocenters. The molecule has 2 heterocycles. The summed E-state index contributed by atoms with van der Waals surface area (Å²) >= 11 is 1.53. The van der Waals surface area contributed by atoms with Crippen molar-refractivity contribution in [3.05, 3.63) is 89.2 Å². The quantitative estimate of drug-likeness (QED) is 0.497.